The van der Waals surface area contributed by atoms with Crippen molar-refractivity contribution in [1.29, 1.82) is 0 Å². The Balaban J connectivity index is 2.84. The van der Waals surface area contributed by atoms with Crippen LogP contribution in [-0.4, -0.2) is 6.29 Å². The van der Waals surface area contributed by atoms with Gasteiger partial charge < -0.3 is 5.73 Å². The van der Waals surface area contributed by atoms with E-state index in [0.29, 0.717) is 22.9 Å². The molecule has 2 aromatic rings. The number of nitrogen functional groups attached to an aromatic ring is 1. The van der Waals surface area contributed by atoms with Crippen LogP contribution in [0.3, 0.4) is 0 Å². The van der Waals surface area contributed by atoms with Gasteiger partial charge in [-0.3, -0.25) is 4.79 Å². The van der Waals surface area contributed by atoms with Crippen LogP contribution in [0.15, 0.2) is 17.5 Å². The number of thiophene rings is 1. The predicted molar refractivity (Wildman–Crippen MR) is 51.6 cm³/mol. The number of benzene rings is 1. The monoisotopic (exact) mass is 195 g/mol. The topological polar surface area (TPSA) is 43.1 Å². The van der Waals surface area contributed by atoms with E-state index in [9.17, 15) is 9.18 Å². The highest BCUT2D eigenvalue weighted by molar-refractivity contribution is 7.17. The summed E-state index contributed by atoms with van der Waals surface area (Å²) in [6.45, 7) is 0. The molecule has 0 spiro atoms. The Hall–Kier alpha value is -1.42. The molecule has 0 aliphatic heterocycles. The minimum Gasteiger partial charge on any atom is -0.398 e. The predicted octanol–water partition coefficient (Wildman–Crippen LogP) is 2.44. The van der Waals surface area contributed by atoms with Gasteiger partial charge in [0.05, 0.1) is 0 Å². The maximum Gasteiger partial charge on any atom is 0.152 e. The molecule has 1 aromatic heterocycles. The third-order valence-electron chi connectivity index (χ3n) is 1.86. The van der Waals surface area contributed by atoms with Crippen molar-refractivity contribution in [2.45, 2.75) is 0 Å². The van der Waals surface area contributed by atoms with E-state index in [-0.39, 0.29) is 5.82 Å². The maximum absolute atomic E-state index is 13.0. The van der Waals surface area contributed by atoms with Crippen molar-refractivity contribution in [2.24, 2.45) is 0 Å². The fraction of sp³-hybridized carbons (Fsp3) is 0. The molecule has 0 fully saturated rings. The molecule has 66 valence electrons. The van der Waals surface area contributed by atoms with Gasteiger partial charge in [0.15, 0.2) is 6.29 Å². The number of carbonyl (C=O) groups is 1. The molecule has 4 heteroatoms. The molecule has 0 bridgehead atoms. The van der Waals surface area contributed by atoms with Crippen LogP contribution >= 0.6 is 11.3 Å². The molecule has 2 nitrogen and oxygen atoms in total. The van der Waals surface area contributed by atoms with E-state index in [0.717, 1.165) is 4.70 Å². The first-order valence-electron chi connectivity index (χ1n) is 3.64. The minimum absolute atomic E-state index is 0.303. The highest BCUT2D eigenvalue weighted by Gasteiger charge is 2.06. The number of fused-ring (bicyclic) bond motifs is 1. The van der Waals surface area contributed by atoms with Crippen LogP contribution in [0.1, 0.15) is 10.4 Å². The number of halogens is 1. The lowest BCUT2D eigenvalue weighted by atomic mass is 10.1. The second-order valence-corrected chi connectivity index (χ2v) is 3.59. The molecular formula is C9H6FNOS. The second-order valence-electron chi connectivity index (χ2n) is 2.68. The summed E-state index contributed by atoms with van der Waals surface area (Å²) in [5.41, 5.74) is 6.29. The average molecular weight is 195 g/mol. The van der Waals surface area contributed by atoms with Gasteiger partial charge in [0.2, 0.25) is 0 Å². The lowest BCUT2D eigenvalue weighted by Crippen LogP contribution is -1.91. The summed E-state index contributed by atoms with van der Waals surface area (Å²) < 4.78 is 13.8. The number of hydrogen-bond donors (Lipinski definition) is 1. The van der Waals surface area contributed by atoms with Gasteiger partial charge in [-0.05, 0) is 12.1 Å². The summed E-state index contributed by atoms with van der Waals surface area (Å²) in [7, 11) is 0. The van der Waals surface area contributed by atoms with E-state index < -0.39 is 0 Å². The van der Waals surface area contributed by atoms with Crippen molar-refractivity contribution in [1.82, 2.24) is 0 Å². The third kappa shape index (κ3) is 1.19. The summed E-state index contributed by atoms with van der Waals surface area (Å²) in [4.78, 5) is 10.5. The summed E-state index contributed by atoms with van der Waals surface area (Å²) in [6.07, 6.45) is 0.631. The maximum atomic E-state index is 13.0. The Bertz CT molecular complexity index is 478. The van der Waals surface area contributed by atoms with Crippen molar-refractivity contribution in [3.05, 3.63) is 28.9 Å². The molecule has 0 radical (unpaired) electrons. The molecule has 0 aliphatic carbocycles. The lowest BCUT2D eigenvalue weighted by molar-refractivity contribution is 0.112. The molecule has 2 rings (SSSR count). The molecular weight excluding hydrogens is 189 g/mol. The fourth-order valence-corrected chi connectivity index (χ4v) is 2.01. The largest absolute Gasteiger partial charge is 0.398 e. The molecule has 0 saturated heterocycles. The molecule has 1 heterocycles. The van der Waals surface area contributed by atoms with Crippen molar-refractivity contribution < 1.29 is 9.18 Å². The van der Waals surface area contributed by atoms with Crippen molar-refractivity contribution in [2.75, 3.05) is 5.73 Å². The van der Waals surface area contributed by atoms with E-state index in [1.807, 2.05) is 0 Å². The van der Waals surface area contributed by atoms with E-state index in [4.69, 9.17) is 5.73 Å². The van der Waals surface area contributed by atoms with Crippen molar-refractivity contribution in [3.8, 4) is 0 Å². The zero-order valence-electron chi connectivity index (χ0n) is 6.58. The second kappa shape index (κ2) is 2.81. The first-order chi connectivity index (χ1) is 6.22. The van der Waals surface area contributed by atoms with Crippen molar-refractivity contribution in [3.63, 3.8) is 0 Å². The molecule has 13 heavy (non-hydrogen) atoms. The van der Waals surface area contributed by atoms with E-state index in [1.54, 1.807) is 6.07 Å². The molecule has 0 saturated carbocycles. The van der Waals surface area contributed by atoms with Crippen LogP contribution in [0.2, 0.25) is 0 Å². The average Bonchev–Trinajstić information content (AvgIpc) is 2.46. The molecule has 1 aromatic carbocycles. The SMILES string of the molecule is Nc1cc2scc(F)c2cc1C=O. The number of carbonyl (C=O) groups excluding carboxylic acids is 1. The zero-order valence-corrected chi connectivity index (χ0v) is 7.40. The first kappa shape index (κ1) is 8.19. The van der Waals surface area contributed by atoms with E-state index >= 15 is 0 Å². The Morgan fingerprint density at radius 3 is 2.92 bits per heavy atom. The molecule has 2 N–H and O–H groups in total. The highest BCUT2D eigenvalue weighted by atomic mass is 32.1. The number of hydrogen-bond acceptors (Lipinski definition) is 3. The number of anilines is 1. The van der Waals surface area contributed by atoms with E-state index in [2.05, 4.69) is 0 Å². The van der Waals surface area contributed by atoms with Gasteiger partial charge >= 0.3 is 0 Å². The molecule has 0 amide bonds. The normalized spacial score (nSPS) is 10.5. The number of nitrogens with two attached hydrogens (primary N) is 1. The van der Waals surface area contributed by atoms with Crippen LogP contribution in [0, 0.1) is 5.82 Å². The fourth-order valence-electron chi connectivity index (χ4n) is 1.18. The Morgan fingerprint density at radius 2 is 2.23 bits per heavy atom. The van der Waals surface area contributed by atoms with Crippen LogP contribution in [-0.2, 0) is 0 Å². The van der Waals surface area contributed by atoms with Crippen LogP contribution < -0.4 is 5.73 Å². The van der Waals surface area contributed by atoms with Gasteiger partial charge in [-0.2, -0.15) is 0 Å². The smallest absolute Gasteiger partial charge is 0.152 e. The van der Waals surface area contributed by atoms with Gasteiger partial charge in [-0.1, -0.05) is 0 Å². The molecule has 0 unspecified atom stereocenters. The van der Waals surface area contributed by atoms with Crippen LogP contribution in [0.25, 0.3) is 10.1 Å². The quantitative estimate of drug-likeness (QED) is 0.561. The highest BCUT2D eigenvalue weighted by Crippen LogP contribution is 2.28. The summed E-state index contributed by atoms with van der Waals surface area (Å²) >= 11 is 1.28. The lowest BCUT2D eigenvalue weighted by Gasteiger charge is -1.97. The van der Waals surface area contributed by atoms with Gasteiger partial charge in [-0.25, -0.2) is 4.39 Å². The van der Waals surface area contributed by atoms with Gasteiger partial charge in [-0.15, -0.1) is 11.3 Å². The Labute approximate surface area is 77.8 Å². The standard InChI is InChI=1S/C9H6FNOS/c10-7-4-13-9-2-8(11)5(3-12)1-6(7)9/h1-4H,11H2. The van der Waals surface area contributed by atoms with Gasteiger partial charge in [0.1, 0.15) is 5.82 Å². The van der Waals surface area contributed by atoms with Crippen molar-refractivity contribution >= 4 is 33.4 Å². The zero-order chi connectivity index (χ0) is 9.42. The van der Waals surface area contributed by atoms with Crippen LogP contribution in [0.5, 0.6) is 0 Å². The number of aldehydes is 1. The Morgan fingerprint density at radius 1 is 1.46 bits per heavy atom. The first-order valence-corrected chi connectivity index (χ1v) is 4.51. The van der Waals surface area contributed by atoms with Gasteiger partial charge in [0.25, 0.3) is 0 Å². The summed E-state index contributed by atoms with van der Waals surface area (Å²) in [5, 5.41) is 1.86. The summed E-state index contributed by atoms with van der Waals surface area (Å²) in [5.74, 6) is -0.303. The molecule has 0 atom stereocenters. The minimum atomic E-state index is -0.303. The Kier molecular flexibility index (Phi) is 1.77. The number of rotatable bonds is 1. The summed E-state index contributed by atoms with van der Waals surface area (Å²) in [6, 6.07) is 3.09. The molecule has 0 aliphatic rings. The van der Waals surface area contributed by atoms with E-state index in [1.165, 1.54) is 22.8 Å². The third-order valence-corrected chi connectivity index (χ3v) is 2.78. The van der Waals surface area contributed by atoms with Crippen LogP contribution in [0.4, 0.5) is 10.1 Å². The van der Waals surface area contributed by atoms with Gasteiger partial charge in [0, 0.05) is 26.7 Å².